The highest BCUT2D eigenvalue weighted by Gasteiger charge is 2.58. The molecule has 1 aromatic rings. The van der Waals surface area contributed by atoms with E-state index in [1.807, 2.05) is 0 Å². The molecular formula is C10H5F5O3. The van der Waals surface area contributed by atoms with Gasteiger partial charge in [-0.1, -0.05) is 18.2 Å². The van der Waals surface area contributed by atoms with Gasteiger partial charge in [0.25, 0.3) is 5.78 Å². The highest BCUT2D eigenvalue weighted by atomic mass is 19.4. The number of benzene rings is 1. The Kier molecular flexibility index (Phi) is 3.40. The van der Waals surface area contributed by atoms with E-state index in [1.54, 1.807) is 0 Å². The van der Waals surface area contributed by atoms with E-state index in [0.29, 0.717) is 6.07 Å². The Labute approximate surface area is 96.8 Å². The molecule has 0 unspecified atom stereocenters. The fraction of sp³-hybridized carbons (Fsp3) is 0.200. The first kappa shape index (κ1) is 14.1. The highest BCUT2D eigenvalue weighted by molar-refractivity contribution is 6.39. The van der Waals surface area contributed by atoms with E-state index in [1.165, 1.54) is 0 Å². The molecule has 98 valence electrons. The number of carboxylic acids is 1. The summed E-state index contributed by atoms with van der Waals surface area (Å²) in [6, 6.07) is 2.27. The number of aliphatic carboxylic acids is 1. The van der Waals surface area contributed by atoms with Crippen molar-refractivity contribution in [1.82, 2.24) is 0 Å². The predicted octanol–water partition coefficient (Wildman–Crippen LogP) is 2.61. The Morgan fingerprint density at radius 1 is 1.06 bits per heavy atom. The van der Waals surface area contributed by atoms with E-state index in [0.717, 1.165) is 12.1 Å². The molecule has 0 aromatic heterocycles. The van der Waals surface area contributed by atoms with E-state index in [9.17, 15) is 31.5 Å². The minimum atomic E-state index is -5.82. The number of carbonyl (C=O) groups excluding carboxylic acids is 1. The monoisotopic (exact) mass is 268 g/mol. The molecule has 18 heavy (non-hydrogen) atoms. The number of alkyl halides is 5. The number of carboxylic acid groups (broad SMARTS) is 1. The van der Waals surface area contributed by atoms with Crippen LogP contribution in [0.15, 0.2) is 24.3 Å². The Balaban J connectivity index is 3.26. The molecule has 0 aliphatic rings. The lowest BCUT2D eigenvalue weighted by Crippen LogP contribution is -2.33. The Bertz CT molecular complexity index is 493. The van der Waals surface area contributed by atoms with Gasteiger partial charge in [0, 0.05) is 11.1 Å². The van der Waals surface area contributed by atoms with Gasteiger partial charge in [-0.3, -0.25) is 4.79 Å². The van der Waals surface area contributed by atoms with Crippen LogP contribution in [0, 0.1) is 0 Å². The summed E-state index contributed by atoms with van der Waals surface area (Å²) in [7, 11) is 0. The molecule has 3 nitrogen and oxygen atoms in total. The van der Waals surface area contributed by atoms with Gasteiger partial charge in [-0.15, -0.1) is 0 Å². The maximum absolute atomic E-state index is 12.9. The van der Waals surface area contributed by atoms with Crippen LogP contribution in [0.5, 0.6) is 0 Å². The van der Waals surface area contributed by atoms with E-state index in [4.69, 9.17) is 5.11 Å². The normalized spacial score (nSPS) is 12.3. The van der Waals surface area contributed by atoms with Gasteiger partial charge >= 0.3 is 18.1 Å². The molecule has 0 aliphatic heterocycles. The smallest absolute Gasteiger partial charge is 0.458 e. The Morgan fingerprint density at radius 3 is 2.06 bits per heavy atom. The molecule has 0 bridgehead atoms. The lowest BCUT2D eigenvalue weighted by atomic mass is 10.0. The molecule has 0 aliphatic carbocycles. The van der Waals surface area contributed by atoms with Gasteiger partial charge in [0.05, 0.1) is 0 Å². The standard InChI is InChI=1S/C10H5F5O3/c11-9(12,10(13,14)15)6-3-1-2-5(4-6)7(16)8(17)18/h1-4H,(H,17,18). The molecule has 0 amide bonds. The minimum absolute atomic E-state index is 0.212. The molecule has 8 heteroatoms. The van der Waals surface area contributed by atoms with Crippen molar-refractivity contribution in [2.45, 2.75) is 12.1 Å². The fourth-order valence-corrected chi connectivity index (χ4v) is 1.14. The molecule has 1 rings (SSSR count). The maximum atomic E-state index is 12.9. The zero-order valence-electron chi connectivity index (χ0n) is 8.46. The second kappa shape index (κ2) is 4.35. The lowest BCUT2D eigenvalue weighted by molar-refractivity contribution is -0.289. The van der Waals surface area contributed by atoms with Crippen LogP contribution in [0.4, 0.5) is 22.0 Å². The second-order valence-corrected chi connectivity index (χ2v) is 3.29. The van der Waals surface area contributed by atoms with Crippen molar-refractivity contribution in [3.05, 3.63) is 35.4 Å². The van der Waals surface area contributed by atoms with Crippen LogP contribution in [0.2, 0.25) is 0 Å². The Hall–Kier alpha value is -1.99. The summed E-state index contributed by atoms with van der Waals surface area (Å²) in [4.78, 5) is 21.2. The number of Topliss-reactive ketones (excluding diaryl/α,β-unsaturated/α-hetero) is 1. The molecule has 0 radical (unpaired) electrons. The summed E-state index contributed by atoms with van der Waals surface area (Å²) in [6.45, 7) is 0. The summed E-state index contributed by atoms with van der Waals surface area (Å²) >= 11 is 0. The first-order valence-corrected chi connectivity index (χ1v) is 4.40. The molecule has 1 N–H and O–H groups in total. The molecule has 1 aromatic carbocycles. The van der Waals surface area contributed by atoms with E-state index in [-0.39, 0.29) is 6.07 Å². The molecule has 0 atom stereocenters. The third-order valence-corrected chi connectivity index (χ3v) is 2.04. The molecular weight excluding hydrogens is 263 g/mol. The average molecular weight is 268 g/mol. The number of rotatable bonds is 3. The summed E-state index contributed by atoms with van der Waals surface area (Å²) in [5.74, 6) is -8.65. The van der Waals surface area contributed by atoms with Gasteiger partial charge in [0.1, 0.15) is 0 Å². The van der Waals surface area contributed by atoms with E-state index < -0.39 is 35.0 Å². The van der Waals surface area contributed by atoms with Gasteiger partial charge in [0.15, 0.2) is 0 Å². The summed E-state index contributed by atoms with van der Waals surface area (Å²) in [5, 5.41) is 8.33. The van der Waals surface area contributed by atoms with Crippen molar-refractivity contribution < 1.29 is 36.6 Å². The minimum Gasteiger partial charge on any atom is -0.475 e. The number of ketones is 1. The predicted molar refractivity (Wildman–Crippen MR) is 48.4 cm³/mol. The second-order valence-electron chi connectivity index (χ2n) is 3.29. The number of hydrogen-bond acceptors (Lipinski definition) is 2. The topological polar surface area (TPSA) is 54.4 Å². The Morgan fingerprint density at radius 2 is 1.61 bits per heavy atom. The number of halogens is 5. The molecule has 0 fully saturated rings. The van der Waals surface area contributed by atoms with Crippen LogP contribution in [-0.4, -0.2) is 23.0 Å². The van der Waals surface area contributed by atoms with E-state index in [2.05, 4.69) is 0 Å². The van der Waals surface area contributed by atoms with Crippen molar-refractivity contribution in [2.24, 2.45) is 0 Å². The quantitative estimate of drug-likeness (QED) is 0.521. The molecule has 0 spiro atoms. The summed E-state index contributed by atoms with van der Waals surface area (Å²) in [6.07, 6.45) is -5.82. The SMILES string of the molecule is O=C(O)C(=O)c1cccc(C(F)(F)C(F)(F)F)c1. The van der Waals surface area contributed by atoms with Crippen LogP contribution in [0.3, 0.4) is 0 Å². The average Bonchev–Trinajstić information content (AvgIpc) is 2.26. The van der Waals surface area contributed by atoms with Gasteiger partial charge in [0.2, 0.25) is 0 Å². The largest absolute Gasteiger partial charge is 0.475 e. The van der Waals surface area contributed by atoms with Gasteiger partial charge in [-0.05, 0) is 6.07 Å². The van der Waals surface area contributed by atoms with Crippen molar-refractivity contribution in [1.29, 1.82) is 0 Å². The highest BCUT2D eigenvalue weighted by Crippen LogP contribution is 2.43. The number of hydrogen-bond donors (Lipinski definition) is 1. The van der Waals surface area contributed by atoms with Crippen molar-refractivity contribution in [2.75, 3.05) is 0 Å². The fourth-order valence-electron chi connectivity index (χ4n) is 1.14. The molecule has 0 heterocycles. The van der Waals surface area contributed by atoms with Crippen molar-refractivity contribution in [3.63, 3.8) is 0 Å². The first-order valence-electron chi connectivity index (χ1n) is 4.40. The van der Waals surface area contributed by atoms with E-state index >= 15 is 0 Å². The summed E-state index contributed by atoms with van der Waals surface area (Å²) in [5.41, 5.74) is -2.23. The van der Waals surface area contributed by atoms with Gasteiger partial charge in [-0.25, -0.2) is 4.79 Å². The molecule has 0 saturated carbocycles. The molecule has 0 saturated heterocycles. The summed E-state index contributed by atoms with van der Waals surface area (Å²) < 4.78 is 62.0. The van der Waals surface area contributed by atoms with Crippen LogP contribution < -0.4 is 0 Å². The first-order chi connectivity index (χ1) is 8.07. The van der Waals surface area contributed by atoms with Crippen LogP contribution in [-0.2, 0) is 10.7 Å². The zero-order valence-corrected chi connectivity index (χ0v) is 8.46. The third-order valence-electron chi connectivity index (χ3n) is 2.04. The van der Waals surface area contributed by atoms with Crippen molar-refractivity contribution in [3.8, 4) is 0 Å². The number of carbonyl (C=O) groups is 2. The van der Waals surface area contributed by atoms with Crippen molar-refractivity contribution >= 4 is 11.8 Å². The zero-order chi connectivity index (χ0) is 14.1. The van der Waals surface area contributed by atoms with Crippen LogP contribution in [0.25, 0.3) is 0 Å². The lowest BCUT2D eigenvalue weighted by Gasteiger charge is -2.20. The van der Waals surface area contributed by atoms with Gasteiger partial charge < -0.3 is 5.11 Å². The van der Waals surface area contributed by atoms with Crippen LogP contribution >= 0.6 is 0 Å². The van der Waals surface area contributed by atoms with Crippen LogP contribution in [0.1, 0.15) is 15.9 Å². The maximum Gasteiger partial charge on any atom is 0.458 e. The van der Waals surface area contributed by atoms with Gasteiger partial charge in [-0.2, -0.15) is 22.0 Å². The third kappa shape index (κ3) is 2.47.